The molecule has 0 saturated carbocycles. The van der Waals surface area contributed by atoms with Gasteiger partial charge >= 0.3 is 0 Å². The van der Waals surface area contributed by atoms with Crippen molar-refractivity contribution in [3.8, 4) is 11.1 Å². The molecule has 2 aromatic carbocycles. The Kier molecular flexibility index (Phi) is 5.17. The zero-order valence-corrected chi connectivity index (χ0v) is 16.9. The maximum Gasteiger partial charge on any atom is 0.230 e. The van der Waals surface area contributed by atoms with Gasteiger partial charge in [0.15, 0.2) is 0 Å². The van der Waals surface area contributed by atoms with E-state index in [1.54, 1.807) is 12.3 Å². The standard InChI is InChI=1S/C23H18BrN3O/c1-15-19(13-22(28)27-21-12-11-17(24)14-25-21)23(16-7-3-2-4-8-16)18-9-5-6-10-20(18)26-15/h2-12,14H,13H2,1H3,(H,25,27,28). The van der Waals surface area contributed by atoms with Gasteiger partial charge in [0.05, 0.1) is 11.9 Å². The summed E-state index contributed by atoms with van der Waals surface area (Å²) in [4.78, 5) is 21.7. The summed E-state index contributed by atoms with van der Waals surface area (Å²) in [5.74, 6) is 0.410. The van der Waals surface area contributed by atoms with Crippen molar-refractivity contribution in [2.24, 2.45) is 0 Å². The fraction of sp³-hybridized carbons (Fsp3) is 0.0870. The molecule has 2 aromatic heterocycles. The molecule has 0 radical (unpaired) electrons. The molecular weight excluding hydrogens is 414 g/mol. The third-order valence-corrected chi connectivity index (χ3v) is 5.06. The van der Waals surface area contributed by atoms with E-state index in [4.69, 9.17) is 4.98 Å². The highest BCUT2D eigenvalue weighted by Gasteiger charge is 2.17. The van der Waals surface area contributed by atoms with Crippen LogP contribution in [-0.2, 0) is 11.2 Å². The highest BCUT2D eigenvalue weighted by Crippen LogP contribution is 2.33. The number of fused-ring (bicyclic) bond motifs is 1. The maximum atomic E-state index is 12.7. The topological polar surface area (TPSA) is 54.9 Å². The van der Waals surface area contributed by atoms with Crippen LogP contribution >= 0.6 is 15.9 Å². The monoisotopic (exact) mass is 431 g/mol. The Bertz CT molecular complexity index is 1140. The Morgan fingerprint density at radius 3 is 2.50 bits per heavy atom. The van der Waals surface area contributed by atoms with Crippen LogP contribution in [0.4, 0.5) is 5.82 Å². The van der Waals surface area contributed by atoms with Crippen LogP contribution in [0, 0.1) is 6.92 Å². The third kappa shape index (κ3) is 3.80. The van der Waals surface area contributed by atoms with E-state index < -0.39 is 0 Å². The maximum absolute atomic E-state index is 12.7. The molecule has 0 spiro atoms. The van der Waals surface area contributed by atoms with Crippen molar-refractivity contribution < 1.29 is 4.79 Å². The summed E-state index contributed by atoms with van der Waals surface area (Å²) >= 11 is 3.35. The molecule has 1 N–H and O–H groups in total. The Morgan fingerprint density at radius 1 is 1.00 bits per heavy atom. The van der Waals surface area contributed by atoms with Crippen LogP contribution in [0.1, 0.15) is 11.3 Å². The van der Waals surface area contributed by atoms with Crippen molar-refractivity contribution in [3.63, 3.8) is 0 Å². The summed E-state index contributed by atoms with van der Waals surface area (Å²) < 4.78 is 0.867. The van der Waals surface area contributed by atoms with Gasteiger partial charge in [-0.05, 0) is 57.7 Å². The van der Waals surface area contributed by atoms with Crippen LogP contribution in [0.5, 0.6) is 0 Å². The average Bonchev–Trinajstić information content (AvgIpc) is 2.71. The SMILES string of the molecule is Cc1nc2ccccc2c(-c2ccccc2)c1CC(=O)Nc1ccc(Br)cn1. The predicted molar refractivity (Wildman–Crippen MR) is 116 cm³/mol. The number of pyridine rings is 2. The average molecular weight is 432 g/mol. The summed E-state index contributed by atoms with van der Waals surface area (Å²) in [5, 5.41) is 3.92. The first kappa shape index (κ1) is 18.3. The van der Waals surface area contributed by atoms with Crippen LogP contribution in [0.15, 0.2) is 77.4 Å². The number of rotatable bonds is 4. The van der Waals surface area contributed by atoms with Crippen molar-refractivity contribution in [1.29, 1.82) is 0 Å². The number of para-hydroxylation sites is 1. The Morgan fingerprint density at radius 2 is 1.75 bits per heavy atom. The predicted octanol–water partition coefficient (Wildman–Crippen LogP) is 5.55. The fourth-order valence-corrected chi connectivity index (χ4v) is 3.56. The van der Waals surface area contributed by atoms with Gasteiger partial charge in [0.1, 0.15) is 5.82 Å². The molecule has 0 bridgehead atoms. The van der Waals surface area contributed by atoms with Crippen LogP contribution < -0.4 is 5.32 Å². The minimum atomic E-state index is -0.118. The van der Waals surface area contributed by atoms with E-state index in [0.29, 0.717) is 5.82 Å². The van der Waals surface area contributed by atoms with Gasteiger partial charge in [0.2, 0.25) is 5.91 Å². The van der Waals surface area contributed by atoms with Gasteiger partial charge < -0.3 is 5.32 Å². The molecule has 28 heavy (non-hydrogen) atoms. The summed E-state index contributed by atoms with van der Waals surface area (Å²) in [6.45, 7) is 1.96. The molecule has 0 saturated heterocycles. The van der Waals surface area contributed by atoms with Crippen molar-refractivity contribution >= 4 is 38.6 Å². The van der Waals surface area contributed by atoms with Gasteiger partial charge in [0.25, 0.3) is 0 Å². The fourth-order valence-electron chi connectivity index (χ4n) is 3.32. The lowest BCUT2D eigenvalue weighted by Gasteiger charge is -2.16. The van der Waals surface area contributed by atoms with E-state index in [2.05, 4.69) is 44.4 Å². The summed E-state index contributed by atoms with van der Waals surface area (Å²) in [6, 6.07) is 21.8. The van der Waals surface area contributed by atoms with Crippen LogP contribution in [0.3, 0.4) is 0 Å². The van der Waals surface area contributed by atoms with E-state index in [-0.39, 0.29) is 12.3 Å². The van der Waals surface area contributed by atoms with E-state index in [0.717, 1.165) is 37.8 Å². The minimum absolute atomic E-state index is 0.118. The van der Waals surface area contributed by atoms with E-state index in [9.17, 15) is 4.79 Å². The summed E-state index contributed by atoms with van der Waals surface area (Å²) in [5.41, 5.74) is 4.85. The number of halogens is 1. The summed E-state index contributed by atoms with van der Waals surface area (Å²) in [7, 11) is 0. The third-order valence-electron chi connectivity index (χ3n) is 4.59. The van der Waals surface area contributed by atoms with Crippen molar-refractivity contribution in [1.82, 2.24) is 9.97 Å². The molecule has 4 rings (SSSR count). The normalized spacial score (nSPS) is 10.8. The number of benzene rings is 2. The second-order valence-corrected chi connectivity index (χ2v) is 7.44. The zero-order chi connectivity index (χ0) is 19.5. The Balaban J connectivity index is 1.76. The molecule has 4 nitrogen and oxygen atoms in total. The number of aryl methyl sites for hydroxylation is 1. The van der Waals surface area contributed by atoms with Gasteiger partial charge in [-0.3, -0.25) is 9.78 Å². The first-order chi connectivity index (χ1) is 13.6. The Labute approximate surface area is 171 Å². The molecule has 4 aromatic rings. The smallest absolute Gasteiger partial charge is 0.230 e. The lowest BCUT2D eigenvalue weighted by atomic mass is 9.92. The molecule has 0 aliphatic carbocycles. The molecule has 2 heterocycles. The molecule has 0 fully saturated rings. The first-order valence-electron chi connectivity index (χ1n) is 8.97. The lowest BCUT2D eigenvalue weighted by Crippen LogP contribution is -2.17. The van der Waals surface area contributed by atoms with Crippen molar-refractivity contribution in [3.05, 3.63) is 88.7 Å². The van der Waals surface area contributed by atoms with Gasteiger partial charge in [0, 0.05) is 21.7 Å². The van der Waals surface area contributed by atoms with Crippen LogP contribution in [0.2, 0.25) is 0 Å². The van der Waals surface area contributed by atoms with E-state index >= 15 is 0 Å². The highest BCUT2D eigenvalue weighted by atomic mass is 79.9. The number of hydrogen-bond acceptors (Lipinski definition) is 3. The molecule has 0 aliphatic heterocycles. The molecule has 5 heteroatoms. The van der Waals surface area contributed by atoms with Gasteiger partial charge in [-0.25, -0.2) is 4.98 Å². The Hall–Kier alpha value is -3.05. The molecular formula is C23H18BrN3O. The van der Waals surface area contributed by atoms with Gasteiger partial charge in [-0.1, -0.05) is 48.5 Å². The zero-order valence-electron chi connectivity index (χ0n) is 15.3. The molecule has 138 valence electrons. The number of nitrogens with zero attached hydrogens (tertiary/aromatic N) is 2. The lowest BCUT2D eigenvalue weighted by molar-refractivity contribution is -0.115. The molecule has 1 amide bonds. The van der Waals surface area contributed by atoms with Gasteiger partial charge in [-0.2, -0.15) is 0 Å². The van der Waals surface area contributed by atoms with E-state index in [1.807, 2.05) is 49.4 Å². The highest BCUT2D eigenvalue weighted by molar-refractivity contribution is 9.10. The number of amides is 1. The molecule has 0 unspecified atom stereocenters. The number of hydrogen-bond donors (Lipinski definition) is 1. The minimum Gasteiger partial charge on any atom is -0.310 e. The largest absolute Gasteiger partial charge is 0.310 e. The number of carbonyl (C=O) groups excluding carboxylic acids is 1. The molecule has 0 aliphatic rings. The number of nitrogens with one attached hydrogen (secondary N) is 1. The summed E-state index contributed by atoms with van der Waals surface area (Å²) in [6.07, 6.45) is 1.89. The second kappa shape index (κ2) is 7.90. The van der Waals surface area contributed by atoms with Crippen molar-refractivity contribution in [2.75, 3.05) is 5.32 Å². The second-order valence-electron chi connectivity index (χ2n) is 6.52. The molecule has 0 atom stereocenters. The van der Waals surface area contributed by atoms with Crippen LogP contribution in [-0.4, -0.2) is 15.9 Å². The first-order valence-corrected chi connectivity index (χ1v) is 9.76. The number of carbonyl (C=O) groups is 1. The van der Waals surface area contributed by atoms with E-state index in [1.165, 1.54) is 0 Å². The van der Waals surface area contributed by atoms with Gasteiger partial charge in [-0.15, -0.1) is 0 Å². The quantitative estimate of drug-likeness (QED) is 0.460. The van der Waals surface area contributed by atoms with Crippen molar-refractivity contribution in [2.45, 2.75) is 13.3 Å². The number of anilines is 1. The number of aromatic nitrogens is 2. The van der Waals surface area contributed by atoms with Crippen LogP contribution in [0.25, 0.3) is 22.0 Å².